The van der Waals surface area contributed by atoms with Crippen molar-refractivity contribution in [2.75, 3.05) is 13.2 Å². The number of aliphatic hydroxyl groups excluding tert-OH is 1. The molecule has 0 aromatic carbocycles. The highest BCUT2D eigenvalue weighted by Crippen LogP contribution is 2.17. The maximum atomic E-state index is 9.08. The predicted molar refractivity (Wildman–Crippen MR) is 35.3 cm³/mol. The van der Waals surface area contributed by atoms with E-state index in [1.54, 1.807) is 0 Å². The fourth-order valence-electron chi connectivity index (χ4n) is 1.17. The summed E-state index contributed by atoms with van der Waals surface area (Å²) in [5.74, 6) is -1.57. The lowest BCUT2D eigenvalue weighted by Gasteiger charge is -2.32. The SMILES string of the molecule is OCC1CC(O)(O)CCN1. The number of rotatable bonds is 1. The molecule has 60 valence electrons. The molecule has 1 saturated heterocycles. The van der Waals surface area contributed by atoms with Crippen molar-refractivity contribution in [2.45, 2.75) is 24.7 Å². The molecule has 1 fully saturated rings. The number of aliphatic hydroxyl groups is 3. The van der Waals surface area contributed by atoms with Crippen LogP contribution in [0.1, 0.15) is 12.8 Å². The van der Waals surface area contributed by atoms with Gasteiger partial charge in [0.25, 0.3) is 0 Å². The highest BCUT2D eigenvalue weighted by molar-refractivity contribution is 4.81. The molecule has 4 heteroatoms. The summed E-state index contributed by atoms with van der Waals surface area (Å²) in [5, 5.41) is 29.8. The van der Waals surface area contributed by atoms with E-state index in [4.69, 9.17) is 15.3 Å². The molecule has 0 spiro atoms. The minimum Gasteiger partial charge on any atom is -0.395 e. The lowest BCUT2D eigenvalue weighted by Crippen LogP contribution is -2.49. The first-order valence-electron chi connectivity index (χ1n) is 3.43. The molecule has 1 aliphatic rings. The second kappa shape index (κ2) is 2.84. The molecule has 1 aliphatic heterocycles. The van der Waals surface area contributed by atoms with Gasteiger partial charge >= 0.3 is 0 Å². The highest BCUT2D eigenvalue weighted by Gasteiger charge is 2.30. The molecule has 0 aliphatic carbocycles. The van der Waals surface area contributed by atoms with E-state index < -0.39 is 5.79 Å². The average molecular weight is 147 g/mol. The highest BCUT2D eigenvalue weighted by atomic mass is 16.5. The lowest BCUT2D eigenvalue weighted by atomic mass is 9.99. The number of hydrogen-bond donors (Lipinski definition) is 4. The average Bonchev–Trinajstić information content (AvgIpc) is 1.86. The predicted octanol–water partition coefficient (Wildman–Crippen LogP) is -1.59. The molecule has 0 saturated carbocycles. The van der Waals surface area contributed by atoms with Crippen LogP contribution in [0.2, 0.25) is 0 Å². The Bertz CT molecular complexity index is 116. The quantitative estimate of drug-likeness (QED) is 0.337. The Morgan fingerprint density at radius 3 is 2.60 bits per heavy atom. The van der Waals surface area contributed by atoms with Gasteiger partial charge in [0, 0.05) is 25.4 Å². The van der Waals surface area contributed by atoms with Crippen LogP contribution in [0.25, 0.3) is 0 Å². The third-order valence-corrected chi connectivity index (χ3v) is 1.75. The van der Waals surface area contributed by atoms with Gasteiger partial charge in [0.1, 0.15) is 0 Å². The first-order chi connectivity index (χ1) is 4.64. The minimum atomic E-state index is -1.57. The lowest BCUT2D eigenvalue weighted by molar-refractivity contribution is -0.185. The number of hydrogen-bond acceptors (Lipinski definition) is 4. The van der Waals surface area contributed by atoms with Gasteiger partial charge in [-0.25, -0.2) is 0 Å². The molecular weight excluding hydrogens is 134 g/mol. The van der Waals surface area contributed by atoms with Crippen LogP contribution in [0.4, 0.5) is 0 Å². The molecule has 1 rings (SSSR count). The Labute approximate surface area is 59.5 Å². The van der Waals surface area contributed by atoms with Crippen molar-refractivity contribution in [3.63, 3.8) is 0 Å². The van der Waals surface area contributed by atoms with Crippen LogP contribution in [-0.2, 0) is 0 Å². The zero-order valence-corrected chi connectivity index (χ0v) is 5.75. The standard InChI is InChI=1S/C6H13NO3/c8-4-5-3-6(9,10)1-2-7-5/h5,7-10H,1-4H2. The fourth-order valence-corrected chi connectivity index (χ4v) is 1.17. The molecule has 0 bridgehead atoms. The first-order valence-corrected chi connectivity index (χ1v) is 3.43. The number of piperidine rings is 1. The topological polar surface area (TPSA) is 72.7 Å². The third-order valence-electron chi connectivity index (χ3n) is 1.75. The van der Waals surface area contributed by atoms with E-state index in [0.717, 1.165) is 0 Å². The Morgan fingerprint density at radius 2 is 2.20 bits per heavy atom. The van der Waals surface area contributed by atoms with Gasteiger partial charge in [-0.05, 0) is 0 Å². The van der Waals surface area contributed by atoms with Crippen molar-refractivity contribution in [3.05, 3.63) is 0 Å². The molecule has 1 atom stereocenters. The van der Waals surface area contributed by atoms with E-state index in [0.29, 0.717) is 13.0 Å². The van der Waals surface area contributed by atoms with E-state index in [1.165, 1.54) is 0 Å². The second-order valence-electron chi connectivity index (χ2n) is 2.77. The zero-order valence-electron chi connectivity index (χ0n) is 5.75. The summed E-state index contributed by atoms with van der Waals surface area (Å²) in [7, 11) is 0. The minimum absolute atomic E-state index is 0.0388. The third kappa shape index (κ3) is 1.91. The Hall–Kier alpha value is -0.160. The van der Waals surface area contributed by atoms with Crippen molar-refractivity contribution < 1.29 is 15.3 Å². The van der Waals surface area contributed by atoms with Crippen LogP contribution in [0, 0.1) is 0 Å². The summed E-state index contributed by atoms with van der Waals surface area (Å²) in [6.07, 6.45) is 0.549. The molecule has 1 heterocycles. The van der Waals surface area contributed by atoms with Gasteiger partial charge in [0.2, 0.25) is 0 Å². The van der Waals surface area contributed by atoms with Crippen LogP contribution >= 0.6 is 0 Å². The molecule has 4 nitrogen and oxygen atoms in total. The first kappa shape index (κ1) is 7.94. The fraction of sp³-hybridized carbons (Fsp3) is 1.00. The van der Waals surface area contributed by atoms with E-state index in [9.17, 15) is 0 Å². The van der Waals surface area contributed by atoms with Crippen LogP contribution in [0.15, 0.2) is 0 Å². The van der Waals surface area contributed by atoms with Crippen molar-refractivity contribution in [1.29, 1.82) is 0 Å². The molecule has 0 aromatic heterocycles. The molecule has 0 aromatic rings. The van der Waals surface area contributed by atoms with Gasteiger partial charge in [-0.1, -0.05) is 0 Å². The van der Waals surface area contributed by atoms with Crippen LogP contribution < -0.4 is 5.32 Å². The Kier molecular flexibility index (Phi) is 2.25. The second-order valence-corrected chi connectivity index (χ2v) is 2.77. The molecule has 0 radical (unpaired) electrons. The van der Waals surface area contributed by atoms with Gasteiger partial charge in [-0.3, -0.25) is 0 Å². The Morgan fingerprint density at radius 1 is 1.50 bits per heavy atom. The van der Waals surface area contributed by atoms with Crippen molar-refractivity contribution >= 4 is 0 Å². The summed E-state index contributed by atoms with van der Waals surface area (Å²) >= 11 is 0. The zero-order chi connectivity index (χ0) is 7.61. The van der Waals surface area contributed by atoms with Gasteiger partial charge in [0.05, 0.1) is 6.61 Å². The van der Waals surface area contributed by atoms with E-state index >= 15 is 0 Å². The summed E-state index contributed by atoms with van der Waals surface area (Å²) in [6.45, 7) is 0.515. The normalized spacial score (nSPS) is 32.1. The van der Waals surface area contributed by atoms with E-state index in [2.05, 4.69) is 5.32 Å². The van der Waals surface area contributed by atoms with Crippen LogP contribution in [0.5, 0.6) is 0 Å². The smallest absolute Gasteiger partial charge is 0.165 e. The van der Waals surface area contributed by atoms with Crippen LogP contribution in [0.3, 0.4) is 0 Å². The molecule has 1 unspecified atom stereocenters. The number of nitrogens with one attached hydrogen (secondary N) is 1. The summed E-state index contributed by atoms with van der Waals surface area (Å²) in [6, 6.07) is -0.163. The van der Waals surface area contributed by atoms with E-state index in [-0.39, 0.29) is 19.1 Å². The molecule has 4 N–H and O–H groups in total. The summed E-state index contributed by atoms with van der Waals surface area (Å²) in [4.78, 5) is 0. The summed E-state index contributed by atoms with van der Waals surface area (Å²) < 4.78 is 0. The van der Waals surface area contributed by atoms with Crippen molar-refractivity contribution in [3.8, 4) is 0 Å². The largest absolute Gasteiger partial charge is 0.395 e. The van der Waals surface area contributed by atoms with Crippen LogP contribution in [-0.4, -0.2) is 40.3 Å². The van der Waals surface area contributed by atoms with Gasteiger partial charge in [0.15, 0.2) is 5.79 Å². The van der Waals surface area contributed by atoms with E-state index in [1.807, 2.05) is 0 Å². The van der Waals surface area contributed by atoms with Crippen molar-refractivity contribution in [2.24, 2.45) is 0 Å². The van der Waals surface area contributed by atoms with Gasteiger partial charge in [-0.15, -0.1) is 0 Å². The molecule has 10 heavy (non-hydrogen) atoms. The molecule has 0 amide bonds. The summed E-state index contributed by atoms with van der Waals surface area (Å²) in [5.41, 5.74) is 0. The van der Waals surface area contributed by atoms with Gasteiger partial charge in [-0.2, -0.15) is 0 Å². The molecular formula is C6H13NO3. The maximum absolute atomic E-state index is 9.08. The van der Waals surface area contributed by atoms with Crippen molar-refractivity contribution in [1.82, 2.24) is 5.32 Å². The maximum Gasteiger partial charge on any atom is 0.165 e. The van der Waals surface area contributed by atoms with Gasteiger partial charge < -0.3 is 20.6 Å². The Balaban J connectivity index is 2.40. The monoisotopic (exact) mass is 147 g/mol.